The second-order valence-corrected chi connectivity index (χ2v) is 3.13. The fourth-order valence-electron chi connectivity index (χ4n) is 1.17. The molecule has 1 aromatic heterocycles. The van der Waals surface area contributed by atoms with Gasteiger partial charge in [0.2, 0.25) is 12.4 Å². The number of aromatic nitrogens is 1. The predicted molar refractivity (Wildman–Crippen MR) is 52.2 cm³/mol. The molecule has 0 aliphatic rings. The van der Waals surface area contributed by atoms with Crippen molar-refractivity contribution in [2.75, 3.05) is 6.61 Å². The molecule has 14 heavy (non-hydrogen) atoms. The van der Waals surface area contributed by atoms with Crippen LogP contribution in [0, 0.1) is 0 Å². The van der Waals surface area contributed by atoms with Crippen molar-refractivity contribution in [1.82, 2.24) is 0 Å². The summed E-state index contributed by atoms with van der Waals surface area (Å²) in [6.07, 6.45) is 8.83. The first-order valence-corrected chi connectivity index (χ1v) is 5.03. The van der Waals surface area contributed by atoms with E-state index in [2.05, 4.69) is 6.92 Å². The monoisotopic (exact) mass is 259 g/mol. The SMILES string of the molecule is CCCCCCO[n+]1ccccc1.[Br-]. The number of rotatable bonds is 6. The van der Waals surface area contributed by atoms with Crippen LogP contribution in [0.2, 0.25) is 0 Å². The lowest BCUT2D eigenvalue weighted by molar-refractivity contribution is -0.891. The zero-order valence-electron chi connectivity index (χ0n) is 8.66. The van der Waals surface area contributed by atoms with E-state index >= 15 is 0 Å². The highest BCUT2D eigenvalue weighted by Gasteiger charge is 1.96. The molecular weight excluding hydrogens is 242 g/mol. The van der Waals surface area contributed by atoms with Crippen LogP contribution in [-0.4, -0.2) is 6.61 Å². The number of hydrogen-bond acceptors (Lipinski definition) is 1. The van der Waals surface area contributed by atoms with Crippen LogP contribution in [0.5, 0.6) is 0 Å². The summed E-state index contributed by atoms with van der Waals surface area (Å²) >= 11 is 0. The van der Waals surface area contributed by atoms with Crippen molar-refractivity contribution in [2.45, 2.75) is 32.6 Å². The minimum Gasteiger partial charge on any atom is -1.00 e. The van der Waals surface area contributed by atoms with Crippen molar-refractivity contribution in [2.24, 2.45) is 0 Å². The van der Waals surface area contributed by atoms with Crippen molar-refractivity contribution in [3.63, 3.8) is 0 Å². The summed E-state index contributed by atoms with van der Waals surface area (Å²) in [6.45, 7) is 3.03. The van der Waals surface area contributed by atoms with Gasteiger partial charge in [0.05, 0.1) is 0 Å². The van der Waals surface area contributed by atoms with Crippen LogP contribution in [0.4, 0.5) is 0 Å². The molecule has 0 spiro atoms. The van der Waals surface area contributed by atoms with Crippen molar-refractivity contribution < 1.29 is 26.5 Å². The molecule has 0 bridgehead atoms. The maximum Gasteiger partial charge on any atom is 0.222 e. The van der Waals surface area contributed by atoms with E-state index in [1.54, 1.807) is 4.73 Å². The van der Waals surface area contributed by atoms with Crippen LogP contribution in [0.25, 0.3) is 0 Å². The van der Waals surface area contributed by atoms with E-state index in [1.807, 2.05) is 30.6 Å². The van der Waals surface area contributed by atoms with Gasteiger partial charge < -0.3 is 17.0 Å². The highest BCUT2D eigenvalue weighted by molar-refractivity contribution is 4.83. The van der Waals surface area contributed by atoms with Crippen LogP contribution in [0.15, 0.2) is 30.6 Å². The third-order valence-electron chi connectivity index (χ3n) is 1.93. The smallest absolute Gasteiger partial charge is 0.222 e. The summed E-state index contributed by atoms with van der Waals surface area (Å²) in [5.41, 5.74) is 0. The molecular formula is C11H18BrNO. The van der Waals surface area contributed by atoms with Gasteiger partial charge in [-0.3, -0.25) is 4.84 Å². The summed E-state index contributed by atoms with van der Waals surface area (Å²) in [5.74, 6) is 0. The topological polar surface area (TPSA) is 13.1 Å². The lowest BCUT2D eigenvalue weighted by Gasteiger charge is -1.97. The summed E-state index contributed by atoms with van der Waals surface area (Å²) < 4.78 is 1.76. The van der Waals surface area contributed by atoms with Crippen LogP contribution < -0.4 is 26.5 Å². The van der Waals surface area contributed by atoms with E-state index in [0.29, 0.717) is 0 Å². The number of halogens is 1. The zero-order valence-corrected chi connectivity index (χ0v) is 10.2. The molecule has 0 aliphatic carbocycles. The van der Waals surface area contributed by atoms with Gasteiger partial charge in [-0.05, 0) is 12.8 Å². The average Bonchev–Trinajstić information content (AvgIpc) is 2.19. The van der Waals surface area contributed by atoms with Gasteiger partial charge in [-0.1, -0.05) is 25.8 Å². The van der Waals surface area contributed by atoms with Gasteiger partial charge in [0.15, 0.2) is 6.61 Å². The Balaban J connectivity index is 0.00000169. The van der Waals surface area contributed by atoms with E-state index in [1.165, 1.54) is 19.3 Å². The van der Waals surface area contributed by atoms with Gasteiger partial charge in [-0.15, -0.1) is 0 Å². The zero-order chi connectivity index (χ0) is 9.36. The average molecular weight is 260 g/mol. The van der Waals surface area contributed by atoms with Crippen LogP contribution in [0.3, 0.4) is 0 Å². The largest absolute Gasteiger partial charge is 1.00 e. The minimum atomic E-state index is 0. The van der Waals surface area contributed by atoms with Gasteiger partial charge in [0.1, 0.15) is 0 Å². The Bertz CT molecular complexity index is 216. The molecule has 0 fully saturated rings. The normalized spacial score (nSPS) is 9.21. The Morgan fingerprint density at radius 3 is 2.36 bits per heavy atom. The molecule has 1 aromatic rings. The van der Waals surface area contributed by atoms with Crippen LogP contribution in [0.1, 0.15) is 32.6 Å². The molecule has 1 rings (SSSR count). The van der Waals surface area contributed by atoms with Gasteiger partial charge in [-0.25, -0.2) is 0 Å². The third-order valence-corrected chi connectivity index (χ3v) is 1.93. The maximum absolute atomic E-state index is 5.47. The highest BCUT2D eigenvalue weighted by Crippen LogP contribution is 1.96. The minimum absolute atomic E-state index is 0. The number of nitrogens with zero attached hydrogens (tertiary/aromatic N) is 1. The van der Waals surface area contributed by atoms with E-state index in [0.717, 1.165) is 13.0 Å². The lowest BCUT2D eigenvalue weighted by atomic mass is 10.2. The van der Waals surface area contributed by atoms with E-state index < -0.39 is 0 Å². The van der Waals surface area contributed by atoms with Crippen molar-refractivity contribution >= 4 is 0 Å². The Kier molecular flexibility index (Phi) is 8.64. The van der Waals surface area contributed by atoms with Crippen LogP contribution >= 0.6 is 0 Å². The Morgan fingerprint density at radius 2 is 1.71 bits per heavy atom. The molecule has 0 aromatic carbocycles. The summed E-state index contributed by atoms with van der Waals surface area (Å²) in [7, 11) is 0. The molecule has 80 valence electrons. The van der Waals surface area contributed by atoms with Crippen molar-refractivity contribution in [1.29, 1.82) is 0 Å². The highest BCUT2D eigenvalue weighted by atomic mass is 79.9. The van der Waals surface area contributed by atoms with Gasteiger partial charge in [0, 0.05) is 16.9 Å². The molecule has 0 aliphatic heterocycles. The van der Waals surface area contributed by atoms with E-state index in [4.69, 9.17) is 4.84 Å². The molecule has 0 saturated heterocycles. The molecule has 0 N–H and O–H groups in total. The first kappa shape index (κ1) is 13.4. The Labute approximate surface area is 96.6 Å². The first-order valence-electron chi connectivity index (χ1n) is 5.03. The Morgan fingerprint density at radius 1 is 1.00 bits per heavy atom. The number of hydrogen-bond donors (Lipinski definition) is 0. The fraction of sp³-hybridized carbons (Fsp3) is 0.545. The molecule has 0 atom stereocenters. The third kappa shape index (κ3) is 5.97. The standard InChI is InChI=1S/C11H18NO.BrH/c1-2-3-4-8-11-13-12-9-6-5-7-10-12;/h5-7,9-10H,2-4,8,11H2,1H3;1H/q+1;/p-1. The molecule has 0 radical (unpaired) electrons. The van der Waals surface area contributed by atoms with Gasteiger partial charge >= 0.3 is 0 Å². The summed E-state index contributed by atoms with van der Waals surface area (Å²) in [4.78, 5) is 5.47. The predicted octanol–water partition coefficient (Wildman–Crippen LogP) is -1.01. The van der Waals surface area contributed by atoms with E-state index in [-0.39, 0.29) is 17.0 Å². The molecule has 1 heterocycles. The second kappa shape index (κ2) is 9.00. The molecule has 2 nitrogen and oxygen atoms in total. The first-order chi connectivity index (χ1) is 6.43. The molecule has 3 heteroatoms. The Hall–Kier alpha value is -0.570. The number of unbranched alkanes of at least 4 members (excludes halogenated alkanes) is 3. The number of pyridine rings is 1. The van der Waals surface area contributed by atoms with Crippen molar-refractivity contribution in [3.05, 3.63) is 30.6 Å². The molecule has 0 unspecified atom stereocenters. The fourth-order valence-corrected chi connectivity index (χ4v) is 1.17. The second-order valence-electron chi connectivity index (χ2n) is 3.13. The van der Waals surface area contributed by atoms with Crippen LogP contribution in [-0.2, 0) is 0 Å². The summed E-state index contributed by atoms with van der Waals surface area (Å²) in [5, 5.41) is 0. The van der Waals surface area contributed by atoms with Gasteiger partial charge in [0.25, 0.3) is 0 Å². The van der Waals surface area contributed by atoms with Gasteiger partial charge in [-0.2, -0.15) is 0 Å². The summed E-state index contributed by atoms with van der Waals surface area (Å²) in [6, 6.07) is 5.91. The lowest BCUT2D eigenvalue weighted by Crippen LogP contribution is -3.00. The molecule has 0 amide bonds. The quantitative estimate of drug-likeness (QED) is 0.472. The van der Waals surface area contributed by atoms with Crippen molar-refractivity contribution in [3.8, 4) is 0 Å². The van der Waals surface area contributed by atoms with E-state index in [9.17, 15) is 0 Å². The molecule has 0 saturated carbocycles. The maximum atomic E-state index is 5.47.